The van der Waals surface area contributed by atoms with Crippen molar-refractivity contribution in [3.63, 3.8) is 0 Å². The third kappa shape index (κ3) is 4.55. The van der Waals surface area contributed by atoms with Crippen molar-refractivity contribution in [1.29, 1.82) is 0 Å². The minimum Gasteiger partial charge on any atom is -0.497 e. The van der Waals surface area contributed by atoms with Crippen molar-refractivity contribution in [2.45, 2.75) is 32.1 Å². The molecule has 1 fully saturated rings. The van der Waals surface area contributed by atoms with Crippen LogP contribution in [-0.2, 0) is 6.18 Å². The molecule has 1 aliphatic heterocycles. The lowest BCUT2D eigenvalue weighted by Crippen LogP contribution is -2.29. The van der Waals surface area contributed by atoms with Gasteiger partial charge in [0.15, 0.2) is 5.11 Å². The first-order chi connectivity index (χ1) is 17.7. The zero-order chi connectivity index (χ0) is 26.3. The molecule has 2 unspecified atom stereocenters. The first-order valence-electron chi connectivity index (χ1n) is 11.7. The topological polar surface area (TPSA) is 42.3 Å². The summed E-state index contributed by atoms with van der Waals surface area (Å²) >= 11 is 5.80. The molecule has 190 valence electrons. The number of benzene rings is 2. The Balaban J connectivity index is 1.67. The lowest BCUT2D eigenvalue weighted by atomic mass is 9.96. The number of methoxy groups -OCH3 is 1. The van der Waals surface area contributed by atoms with Crippen LogP contribution in [0.4, 0.5) is 18.9 Å². The quantitative estimate of drug-likeness (QED) is 0.296. The molecule has 0 amide bonds. The van der Waals surface area contributed by atoms with Gasteiger partial charge in [-0.2, -0.15) is 13.2 Å². The number of anilines is 1. The number of hydrogen-bond donors (Lipinski definition) is 1. The Bertz CT molecular complexity index is 1450. The second-order valence-electron chi connectivity index (χ2n) is 8.91. The number of hydrogen-bond acceptors (Lipinski definition) is 3. The van der Waals surface area contributed by atoms with Crippen LogP contribution in [0.15, 0.2) is 79.0 Å². The molecule has 1 aliphatic rings. The third-order valence-corrected chi connectivity index (χ3v) is 6.96. The SMILES string of the molecule is COc1cccc(N2C(=S)NC(c3ccccn3)C2c2cc(C)n(-c3cccc(C(F)(F)F)c3)c2C)c1. The number of nitrogens with zero attached hydrogens (tertiary/aromatic N) is 3. The van der Waals surface area contributed by atoms with E-state index in [1.54, 1.807) is 19.4 Å². The van der Waals surface area contributed by atoms with Crippen molar-refractivity contribution < 1.29 is 17.9 Å². The van der Waals surface area contributed by atoms with Gasteiger partial charge in [-0.1, -0.05) is 18.2 Å². The first kappa shape index (κ1) is 24.8. The van der Waals surface area contributed by atoms with Crippen LogP contribution in [0.1, 0.15) is 40.3 Å². The predicted molar refractivity (Wildman–Crippen MR) is 141 cm³/mol. The molecule has 1 saturated heterocycles. The maximum atomic E-state index is 13.5. The molecule has 0 saturated carbocycles. The van der Waals surface area contributed by atoms with Gasteiger partial charge in [0.05, 0.1) is 30.5 Å². The molecule has 0 radical (unpaired) electrons. The highest BCUT2D eigenvalue weighted by atomic mass is 32.1. The van der Waals surface area contributed by atoms with Crippen LogP contribution >= 0.6 is 12.2 Å². The van der Waals surface area contributed by atoms with Crippen LogP contribution in [0.5, 0.6) is 5.75 Å². The van der Waals surface area contributed by atoms with E-state index in [9.17, 15) is 13.2 Å². The van der Waals surface area contributed by atoms with E-state index in [2.05, 4.69) is 10.3 Å². The summed E-state index contributed by atoms with van der Waals surface area (Å²) in [6.07, 6.45) is -2.69. The van der Waals surface area contributed by atoms with Crippen LogP contribution in [-0.4, -0.2) is 21.8 Å². The summed E-state index contributed by atoms with van der Waals surface area (Å²) in [5.41, 5.74) is 3.98. The molecule has 37 heavy (non-hydrogen) atoms. The van der Waals surface area contributed by atoms with Gasteiger partial charge in [-0.05, 0) is 80.2 Å². The van der Waals surface area contributed by atoms with Crippen molar-refractivity contribution in [1.82, 2.24) is 14.9 Å². The van der Waals surface area contributed by atoms with Crippen LogP contribution in [0, 0.1) is 13.8 Å². The summed E-state index contributed by atoms with van der Waals surface area (Å²) in [5.74, 6) is 0.690. The largest absolute Gasteiger partial charge is 0.497 e. The van der Waals surface area contributed by atoms with E-state index in [4.69, 9.17) is 17.0 Å². The average molecular weight is 523 g/mol. The molecule has 4 aromatic rings. The van der Waals surface area contributed by atoms with Gasteiger partial charge in [0, 0.05) is 35.0 Å². The second kappa shape index (κ2) is 9.55. The van der Waals surface area contributed by atoms with E-state index >= 15 is 0 Å². The summed E-state index contributed by atoms with van der Waals surface area (Å²) < 4.78 is 47.7. The summed E-state index contributed by atoms with van der Waals surface area (Å²) in [7, 11) is 1.61. The number of ether oxygens (including phenoxy) is 1. The number of pyridine rings is 1. The highest BCUT2D eigenvalue weighted by molar-refractivity contribution is 7.80. The van der Waals surface area contributed by atoms with Gasteiger partial charge in [0.25, 0.3) is 0 Å². The van der Waals surface area contributed by atoms with Gasteiger partial charge in [0.2, 0.25) is 0 Å². The number of nitrogens with one attached hydrogen (secondary N) is 1. The van der Waals surface area contributed by atoms with Gasteiger partial charge in [0.1, 0.15) is 5.75 Å². The fraction of sp³-hybridized carbons (Fsp3) is 0.214. The lowest BCUT2D eigenvalue weighted by molar-refractivity contribution is -0.137. The Hall–Kier alpha value is -3.85. The molecular weight excluding hydrogens is 497 g/mol. The van der Waals surface area contributed by atoms with E-state index in [1.807, 2.05) is 71.8 Å². The minimum absolute atomic E-state index is 0.282. The molecule has 5 nitrogen and oxygen atoms in total. The third-order valence-electron chi connectivity index (χ3n) is 6.65. The zero-order valence-corrected chi connectivity index (χ0v) is 21.3. The fourth-order valence-electron chi connectivity index (χ4n) is 5.02. The van der Waals surface area contributed by atoms with E-state index in [1.165, 1.54) is 12.1 Å². The Morgan fingerprint density at radius 1 is 0.946 bits per heavy atom. The number of halogens is 3. The van der Waals surface area contributed by atoms with Crippen LogP contribution in [0.2, 0.25) is 0 Å². The van der Waals surface area contributed by atoms with Crippen molar-refractivity contribution in [3.8, 4) is 11.4 Å². The van der Waals surface area contributed by atoms with E-state index in [-0.39, 0.29) is 12.1 Å². The standard InChI is InChI=1S/C28H25F3N4OS/c1-17-14-23(18(2)34(17)20-9-6-8-19(15-20)28(29,30)31)26-25(24-12-4-5-13-32-24)33-27(37)35(26)21-10-7-11-22(16-21)36-3/h4-16,25-26H,1-3H3,(H,33,37). The molecule has 3 heterocycles. The van der Waals surface area contributed by atoms with Gasteiger partial charge >= 0.3 is 6.18 Å². The smallest absolute Gasteiger partial charge is 0.416 e. The Kier molecular flexibility index (Phi) is 6.41. The fourth-order valence-corrected chi connectivity index (χ4v) is 5.36. The van der Waals surface area contributed by atoms with Gasteiger partial charge in [-0.15, -0.1) is 0 Å². The second-order valence-corrected chi connectivity index (χ2v) is 9.29. The molecule has 0 bridgehead atoms. The summed E-state index contributed by atoms with van der Waals surface area (Å²) in [5, 5.41) is 3.95. The number of alkyl halides is 3. The van der Waals surface area contributed by atoms with Crippen LogP contribution < -0.4 is 15.0 Å². The normalized spacial score (nSPS) is 17.7. The Labute approximate surface area is 218 Å². The van der Waals surface area contributed by atoms with Crippen LogP contribution in [0.25, 0.3) is 5.69 Å². The first-order valence-corrected chi connectivity index (χ1v) is 12.1. The Morgan fingerprint density at radius 3 is 2.41 bits per heavy atom. The molecular formula is C28H25F3N4OS. The van der Waals surface area contributed by atoms with Gasteiger partial charge in [-0.3, -0.25) is 4.98 Å². The van der Waals surface area contributed by atoms with Crippen molar-refractivity contribution in [2.24, 2.45) is 0 Å². The lowest BCUT2D eigenvalue weighted by Gasteiger charge is -2.28. The van der Waals surface area contributed by atoms with Crippen molar-refractivity contribution >= 4 is 23.0 Å². The number of aromatic nitrogens is 2. The summed E-state index contributed by atoms with van der Waals surface area (Å²) in [6.45, 7) is 3.81. The summed E-state index contributed by atoms with van der Waals surface area (Å²) in [6, 6.07) is 20.1. The predicted octanol–water partition coefficient (Wildman–Crippen LogP) is 6.69. The Morgan fingerprint density at radius 2 is 1.70 bits per heavy atom. The zero-order valence-electron chi connectivity index (χ0n) is 20.5. The molecule has 2 aromatic heterocycles. The molecule has 1 N–H and O–H groups in total. The van der Waals surface area contributed by atoms with Crippen molar-refractivity contribution in [2.75, 3.05) is 12.0 Å². The molecule has 0 spiro atoms. The van der Waals surface area contributed by atoms with Crippen molar-refractivity contribution in [3.05, 3.63) is 107 Å². The molecule has 9 heteroatoms. The van der Waals surface area contributed by atoms with Crippen LogP contribution in [0.3, 0.4) is 0 Å². The molecule has 5 rings (SSSR count). The monoisotopic (exact) mass is 522 g/mol. The maximum Gasteiger partial charge on any atom is 0.416 e. The number of rotatable bonds is 5. The average Bonchev–Trinajstić information content (AvgIpc) is 3.39. The van der Waals surface area contributed by atoms with Gasteiger partial charge in [-0.25, -0.2) is 0 Å². The molecule has 0 aliphatic carbocycles. The summed E-state index contributed by atoms with van der Waals surface area (Å²) in [4.78, 5) is 6.61. The highest BCUT2D eigenvalue weighted by Crippen LogP contribution is 2.44. The van der Waals surface area contributed by atoms with E-state index in [0.717, 1.165) is 34.4 Å². The maximum absolute atomic E-state index is 13.5. The van der Waals surface area contributed by atoms with E-state index in [0.29, 0.717) is 16.5 Å². The minimum atomic E-state index is -4.43. The van der Waals surface area contributed by atoms with Gasteiger partial charge < -0.3 is 19.5 Å². The van der Waals surface area contributed by atoms with E-state index < -0.39 is 11.7 Å². The number of aryl methyl sites for hydroxylation is 1. The molecule has 2 atom stereocenters. The highest BCUT2D eigenvalue weighted by Gasteiger charge is 2.42. The number of thiocarbonyl (C=S) groups is 1. The molecule has 2 aromatic carbocycles.